The van der Waals surface area contributed by atoms with E-state index in [-0.39, 0.29) is 5.75 Å². The minimum Gasteiger partial charge on any atom is -0.507 e. The van der Waals surface area contributed by atoms with Crippen LogP contribution in [-0.4, -0.2) is 35.0 Å². The molecule has 3 aromatic heterocycles. The molecule has 10 aromatic rings. The van der Waals surface area contributed by atoms with Gasteiger partial charge < -0.3 is 9.52 Å². The lowest BCUT2D eigenvalue weighted by atomic mass is 9.92. The van der Waals surface area contributed by atoms with Gasteiger partial charge in [-0.05, 0) is 59.7 Å². The molecule has 0 unspecified atom stereocenters. The van der Waals surface area contributed by atoms with Crippen molar-refractivity contribution in [3.8, 4) is 85.9 Å². The topological polar surface area (TPSA) is 111 Å². The molecule has 0 bridgehead atoms. The lowest BCUT2D eigenvalue weighted by Gasteiger charge is -2.13. The van der Waals surface area contributed by atoms with Crippen LogP contribution in [0.25, 0.3) is 101 Å². The third-order valence-corrected chi connectivity index (χ3v) is 10.9. The van der Waals surface area contributed by atoms with E-state index in [1.54, 1.807) is 6.07 Å². The number of allylic oxidation sites excluding steroid dienone is 4. The van der Waals surface area contributed by atoms with Crippen LogP contribution in [-0.2, 0) is 0 Å². The third kappa shape index (κ3) is 7.30. The average Bonchev–Trinajstić information content (AvgIpc) is 3.54. The number of fused-ring (bicyclic) bond motifs is 3. The van der Waals surface area contributed by atoms with Crippen LogP contribution in [0, 0.1) is 11.8 Å². The lowest BCUT2D eigenvalue weighted by molar-refractivity contribution is 0.474. The minimum atomic E-state index is 0.0954. The minimum absolute atomic E-state index is 0.0954. The third-order valence-electron chi connectivity index (χ3n) is 10.9. The Morgan fingerprint density at radius 1 is 0.413 bits per heavy atom. The Balaban J connectivity index is 1.03. The van der Waals surface area contributed by atoms with Crippen LogP contribution in [0.1, 0.15) is 17.5 Å². The number of nitrogens with zero attached hydrogens (tertiary/aromatic N) is 6. The second-order valence-corrected chi connectivity index (χ2v) is 15.0. The van der Waals surface area contributed by atoms with Crippen molar-refractivity contribution in [2.75, 3.05) is 0 Å². The van der Waals surface area contributed by atoms with Crippen LogP contribution in [0.2, 0.25) is 0 Å². The number of phenolic OH excluding ortho intramolecular Hbond substituents is 1. The Morgan fingerprint density at radius 3 is 1.29 bits per heavy atom. The summed E-state index contributed by atoms with van der Waals surface area (Å²) in [6.45, 7) is 0. The van der Waals surface area contributed by atoms with Crippen LogP contribution in [0.5, 0.6) is 5.75 Å². The summed E-state index contributed by atoms with van der Waals surface area (Å²) in [5.41, 5.74) is 9.62. The molecule has 0 amide bonds. The molecule has 1 aliphatic carbocycles. The zero-order chi connectivity index (χ0) is 42.1. The van der Waals surface area contributed by atoms with Crippen LogP contribution < -0.4 is 0 Å². The van der Waals surface area contributed by atoms with Crippen LogP contribution in [0.4, 0.5) is 0 Å². The first-order valence-electron chi connectivity index (χ1n) is 20.6. The summed E-state index contributed by atoms with van der Waals surface area (Å²) in [7, 11) is 0. The van der Waals surface area contributed by atoms with E-state index in [1.807, 2.05) is 164 Å². The molecule has 1 N–H and O–H groups in total. The van der Waals surface area contributed by atoms with Crippen LogP contribution in [0.3, 0.4) is 0 Å². The van der Waals surface area contributed by atoms with E-state index in [0.29, 0.717) is 52.5 Å². The first-order valence-corrected chi connectivity index (χ1v) is 20.6. The highest BCUT2D eigenvalue weighted by atomic mass is 16.3. The second-order valence-electron chi connectivity index (χ2n) is 15.0. The average molecular weight is 811 g/mol. The van der Waals surface area contributed by atoms with Crippen molar-refractivity contribution in [3.05, 3.63) is 199 Å². The Hall–Kier alpha value is -8.80. The molecule has 11 rings (SSSR count). The maximum absolute atomic E-state index is 11.5. The Morgan fingerprint density at radius 2 is 0.810 bits per heavy atom. The van der Waals surface area contributed by atoms with Crippen molar-refractivity contribution in [1.29, 1.82) is 0 Å². The molecule has 63 heavy (non-hydrogen) atoms. The Kier molecular flexibility index (Phi) is 9.45. The van der Waals surface area contributed by atoms with Gasteiger partial charge in [0.1, 0.15) is 16.9 Å². The van der Waals surface area contributed by atoms with Gasteiger partial charge in [-0.25, -0.2) is 29.9 Å². The number of aromatic nitrogens is 6. The van der Waals surface area contributed by atoms with Gasteiger partial charge >= 0.3 is 0 Å². The predicted molar refractivity (Wildman–Crippen MR) is 250 cm³/mol. The molecule has 0 saturated carbocycles. The van der Waals surface area contributed by atoms with E-state index in [9.17, 15) is 5.11 Å². The molecule has 0 atom stereocenters. The summed E-state index contributed by atoms with van der Waals surface area (Å²) in [6, 6.07) is 57.2. The molecule has 0 saturated heterocycles. The first-order chi connectivity index (χ1) is 31.1. The van der Waals surface area contributed by atoms with Crippen molar-refractivity contribution in [3.63, 3.8) is 0 Å². The molecule has 0 aliphatic heterocycles. The number of hydrogen-bond donors (Lipinski definition) is 1. The highest BCUT2D eigenvalue weighted by Crippen LogP contribution is 2.39. The maximum atomic E-state index is 11.5. The van der Waals surface area contributed by atoms with E-state index in [0.717, 1.165) is 66.5 Å². The molecule has 8 heteroatoms. The van der Waals surface area contributed by atoms with Gasteiger partial charge in [0.15, 0.2) is 34.9 Å². The van der Waals surface area contributed by atoms with Gasteiger partial charge in [-0.15, -0.1) is 0 Å². The number of hydrogen-bond acceptors (Lipinski definition) is 8. The Labute approximate surface area is 362 Å². The fourth-order valence-corrected chi connectivity index (χ4v) is 7.81. The van der Waals surface area contributed by atoms with Crippen LogP contribution in [0.15, 0.2) is 192 Å². The number of rotatable bonds is 8. The quantitative estimate of drug-likeness (QED) is 0.151. The van der Waals surface area contributed by atoms with Gasteiger partial charge in [0, 0.05) is 61.7 Å². The van der Waals surface area contributed by atoms with Crippen LogP contribution >= 0.6 is 0 Å². The van der Waals surface area contributed by atoms with Crippen molar-refractivity contribution in [2.24, 2.45) is 0 Å². The zero-order valence-corrected chi connectivity index (χ0v) is 33.6. The fourth-order valence-electron chi connectivity index (χ4n) is 7.81. The number of furan rings is 1. The first kappa shape index (κ1) is 37.2. The van der Waals surface area contributed by atoms with Gasteiger partial charge in [-0.3, -0.25) is 0 Å². The van der Waals surface area contributed by atoms with Gasteiger partial charge in [-0.1, -0.05) is 151 Å². The molecular weight excluding hydrogens is 777 g/mol. The molecule has 3 heterocycles. The number of benzene rings is 7. The van der Waals surface area contributed by atoms with E-state index >= 15 is 0 Å². The monoisotopic (exact) mass is 810 g/mol. The molecule has 296 valence electrons. The molecule has 7 aromatic carbocycles. The van der Waals surface area contributed by atoms with Gasteiger partial charge in [0.05, 0.1) is 0 Å². The number of phenols is 1. The van der Waals surface area contributed by atoms with E-state index in [2.05, 4.69) is 30.0 Å². The molecular formula is C55H34N6O2. The summed E-state index contributed by atoms with van der Waals surface area (Å²) >= 11 is 0. The van der Waals surface area contributed by atoms with E-state index in [1.165, 1.54) is 0 Å². The fraction of sp³-hybridized carbons (Fsp3) is 0.0182. The molecule has 0 radical (unpaired) electrons. The Bertz CT molecular complexity index is 3370. The van der Waals surface area contributed by atoms with Crippen molar-refractivity contribution >= 4 is 33.1 Å². The molecule has 0 fully saturated rings. The highest BCUT2D eigenvalue weighted by Gasteiger charge is 2.20. The van der Waals surface area contributed by atoms with Gasteiger partial charge in [-0.2, -0.15) is 0 Å². The summed E-state index contributed by atoms with van der Waals surface area (Å²) in [5.74, 6) is 10.1. The normalized spacial score (nSPS) is 12.3. The van der Waals surface area contributed by atoms with Crippen molar-refractivity contribution < 1.29 is 9.52 Å². The van der Waals surface area contributed by atoms with Crippen molar-refractivity contribution in [2.45, 2.75) is 6.42 Å². The summed E-state index contributed by atoms with van der Waals surface area (Å²) in [4.78, 5) is 29.6. The largest absolute Gasteiger partial charge is 0.507 e. The summed E-state index contributed by atoms with van der Waals surface area (Å²) < 4.78 is 6.40. The summed E-state index contributed by atoms with van der Waals surface area (Å²) in [5, 5.41) is 13.4. The molecule has 8 nitrogen and oxygen atoms in total. The van der Waals surface area contributed by atoms with Crippen molar-refractivity contribution in [1.82, 2.24) is 29.9 Å². The smallest absolute Gasteiger partial charge is 0.164 e. The predicted octanol–water partition coefficient (Wildman–Crippen LogP) is 12.5. The van der Waals surface area contributed by atoms with Gasteiger partial charge in [0.2, 0.25) is 0 Å². The maximum Gasteiger partial charge on any atom is 0.164 e. The lowest BCUT2D eigenvalue weighted by Crippen LogP contribution is -2.00. The molecule has 0 spiro atoms. The van der Waals surface area contributed by atoms with E-state index in [4.69, 9.17) is 34.3 Å². The second kappa shape index (κ2) is 16.0. The highest BCUT2D eigenvalue weighted by molar-refractivity contribution is 6.10. The van der Waals surface area contributed by atoms with Gasteiger partial charge in [0.25, 0.3) is 0 Å². The SMILES string of the molecule is Oc1ccc(-c2nc(-c3ccccc3)nc(-c3ccccc3)n2)cc1C1=C(c2ccc3oc4ccc(-c5nc(-c6ccccc6)nc(-c6ccccc6)n5)cc4c3c2)C=CCC#C1. The zero-order valence-electron chi connectivity index (χ0n) is 33.6. The number of aromatic hydroxyl groups is 1. The summed E-state index contributed by atoms with van der Waals surface area (Å²) in [6.07, 6.45) is 4.67. The van der Waals surface area contributed by atoms with E-state index < -0.39 is 0 Å². The standard InChI is InChI=1S/C55H34N6O2/c62-47-29-26-40(54-58-50(35-16-6-1-7-17-35)56-51(59-54)36-18-8-2-9-19-36)33-44(47)43-25-15-5-14-24-42(43)39-27-30-48-45(32-39)46-34-41(28-31-49(46)63-48)55-60-52(37-20-10-3-11-21-37)57-53(61-55)38-22-12-4-13-23-38/h1-4,6-14,16-24,26-34,62H,5H2. The molecule has 1 aliphatic rings.